The van der Waals surface area contributed by atoms with Gasteiger partial charge in [-0.3, -0.25) is 14.4 Å². The molecule has 0 fully saturated rings. The minimum absolute atomic E-state index is 0.228. The lowest BCUT2D eigenvalue weighted by atomic mass is 10.0. The summed E-state index contributed by atoms with van der Waals surface area (Å²) in [6.45, 7) is 12.4. The number of carbonyl (C=O) groups excluding carboxylic acids is 1. The zero-order valence-electron chi connectivity index (χ0n) is 37.0. The first-order valence-corrected chi connectivity index (χ1v) is 23.7. The zero-order chi connectivity index (χ0) is 41.1. The predicted molar refractivity (Wildman–Crippen MR) is 237 cm³/mol. The van der Waals surface area contributed by atoms with Gasteiger partial charge in [0.15, 0.2) is 0 Å². The van der Waals surface area contributed by atoms with Crippen LogP contribution in [0.4, 0.5) is 0 Å². The molecule has 0 aromatic rings. The molecular formula is C46H96N4O5. The maximum absolute atomic E-state index is 11.9. The van der Waals surface area contributed by atoms with Crippen LogP contribution < -0.4 is 21.7 Å². The Bertz CT molecular complexity index is 728. The first-order valence-electron chi connectivity index (χ1n) is 23.7. The molecule has 0 atom stereocenters. The fourth-order valence-electron chi connectivity index (χ4n) is 6.28. The largest absolute Gasteiger partial charge is 0.481 e. The van der Waals surface area contributed by atoms with E-state index in [0.717, 1.165) is 84.2 Å². The van der Waals surface area contributed by atoms with Crippen LogP contribution in [0.25, 0.3) is 0 Å². The Morgan fingerprint density at radius 3 is 0.982 bits per heavy atom. The average Bonchev–Trinajstić information content (AvgIpc) is 3.16. The van der Waals surface area contributed by atoms with Crippen molar-refractivity contribution < 1.29 is 24.6 Å². The van der Waals surface area contributed by atoms with E-state index in [1.165, 1.54) is 154 Å². The lowest BCUT2D eigenvalue weighted by Crippen LogP contribution is -2.27. The van der Waals surface area contributed by atoms with Crippen LogP contribution in [0, 0.1) is 0 Å². The number of hydrogen-bond acceptors (Lipinski definition) is 6. The molecule has 0 unspecified atom stereocenters. The number of aliphatic carboxylic acids is 2. The van der Waals surface area contributed by atoms with Gasteiger partial charge in [-0.05, 0) is 77.7 Å². The fourth-order valence-corrected chi connectivity index (χ4v) is 6.28. The molecule has 9 nitrogen and oxygen atoms in total. The van der Waals surface area contributed by atoms with E-state index in [-0.39, 0.29) is 5.91 Å². The molecule has 0 saturated carbocycles. The molecule has 0 saturated heterocycles. The van der Waals surface area contributed by atoms with Gasteiger partial charge in [-0.15, -0.1) is 0 Å². The summed E-state index contributed by atoms with van der Waals surface area (Å²) in [5.41, 5.74) is 5.46. The molecule has 330 valence electrons. The number of carboxylic acids is 2. The van der Waals surface area contributed by atoms with Crippen LogP contribution in [0.15, 0.2) is 0 Å². The van der Waals surface area contributed by atoms with Crippen molar-refractivity contribution in [2.45, 2.75) is 239 Å². The maximum Gasteiger partial charge on any atom is 0.303 e. The van der Waals surface area contributed by atoms with Crippen LogP contribution in [-0.2, 0) is 14.4 Å². The molecule has 9 heteroatoms. The Kier molecular flexibility index (Phi) is 57.0. The third-order valence-corrected chi connectivity index (χ3v) is 9.86. The van der Waals surface area contributed by atoms with Crippen molar-refractivity contribution >= 4 is 17.8 Å². The van der Waals surface area contributed by atoms with Crippen molar-refractivity contribution in [3.05, 3.63) is 0 Å². The Balaban J connectivity index is -0.000000916. The SMILES string of the molecule is CCCCCCCCCC(=O)O.CCCCCCCCCC(=O)O.CCCCCCCCCCCCCCCC(=O)NCCCNCCCCNCCCN. The first kappa shape index (κ1) is 57.6. The van der Waals surface area contributed by atoms with Gasteiger partial charge >= 0.3 is 11.9 Å². The third kappa shape index (κ3) is 64.5. The van der Waals surface area contributed by atoms with Crippen LogP contribution in [-0.4, -0.2) is 67.3 Å². The highest BCUT2D eigenvalue weighted by molar-refractivity contribution is 5.75. The number of amides is 1. The standard InChI is InChI=1S/C26H56N4O.2C10H20O2/c1-2-3-4-5-6-7-8-9-10-11-12-13-14-19-26(31)30-25-18-24-29-22-16-15-21-28-23-17-20-27;2*1-2-3-4-5-6-7-8-9-10(11)12/h28-29H,2-25,27H2,1H3,(H,30,31);2*2-9H2,1H3,(H,11,12). The van der Waals surface area contributed by atoms with Crippen LogP contribution in [0.3, 0.4) is 0 Å². The van der Waals surface area contributed by atoms with Crippen molar-refractivity contribution in [1.82, 2.24) is 16.0 Å². The number of nitrogens with one attached hydrogen (secondary N) is 3. The molecular weight excluding hydrogens is 689 g/mol. The Morgan fingerprint density at radius 1 is 0.364 bits per heavy atom. The van der Waals surface area contributed by atoms with Gasteiger partial charge in [0.05, 0.1) is 0 Å². The molecule has 0 radical (unpaired) electrons. The van der Waals surface area contributed by atoms with Crippen LogP contribution in [0.5, 0.6) is 0 Å². The lowest BCUT2D eigenvalue weighted by molar-refractivity contribution is -0.138. The van der Waals surface area contributed by atoms with E-state index < -0.39 is 11.9 Å². The minimum atomic E-state index is -0.663. The summed E-state index contributed by atoms with van der Waals surface area (Å²) in [5, 5.41) is 26.6. The number of rotatable bonds is 42. The van der Waals surface area contributed by atoms with Crippen LogP contribution in [0.1, 0.15) is 239 Å². The third-order valence-electron chi connectivity index (χ3n) is 9.86. The summed E-state index contributed by atoms with van der Waals surface area (Å²) < 4.78 is 0. The van der Waals surface area contributed by atoms with Crippen molar-refractivity contribution in [1.29, 1.82) is 0 Å². The summed E-state index contributed by atoms with van der Waals surface area (Å²) in [5.74, 6) is -1.10. The zero-order valence-corrected chi connectivity index (χ0v) is 37.0. The topological polar surface area (TPSA) is 154 Å². The van der Waals surface area contributed by atoms with Crippen molar-refractivity contribution in [2.75, 3.05) is 39.3 Å². The van der Waals surface area contributed by atoms with Gasteiger partial charge in [-0.1, -0.05) is 175 Å². The van der Waals surface area contributed by atoms with Crippen LogP contribution >= 0.6 is 0 Å². The summed E-state index contributed by atoms with van der Waals surface area (Å²) in [4.78, 5) is 32.1. The van der Waals surface area contributed by atoms with Gasteiger partial charge in [0.2, 0.25) is 5.91 Å². The predicted octanol–water partition coefficient (Wildman–Crippen LogP) is 11.7. The molecule has 0 aromatic carbocycles. The number of carboxylic acid groups (broad SMARTS) is 2. The second-order valence-corrected chi connectivity index (χ2v) is 15.6. The van der Waals surface area contributed by atoms with Gasteiger partial charge in [0, 0.05) is 25.8 Å². The molecule has 0 aliphatic rings. The molecule has 0 aliphatic heterocycles. The average molecular weight is 785 g/mol. The second-order valence-electron chi connectivity index (χ2n) is 15.6. The molecule has 55 heavy (non-hydrogen) atoms. The smallest absolute Gasteiger partial charge is 0.303 e. The monoisotopic (exact) mass is 785 g/mol. The Hall–Kier alpha value is -1.71. The van der Waals surface area contributed by atoms with Crippen LogP contribution in [0.2, 0.25) is 0 Å². The molecule has 0 spiro atoms. The number of carbonyl (C=O) groups is 3. The highest BCUT2D eigenvalue weighted by Crippen LogP contribution is 2.13. The highest BCUT2D eigenvalue weighted by Gasteiger charge is 2.01. The summed E-state index contributed by atoms with van der Waals surface area (Å²) in [6, 6.07) is 0. The van der Waals surface area contributed by atoms with Crippen molar-refractivity contribution in [3.8, 4) is 0 Å². The van der Waals surface area contributed by atoms with Gasteiger partial charge < -0.3 is 31.9 Å². The van der Waals surface area contributed by atoms with E-state index in [9.17, 15) is 14.4 Å². The Labute approximate surface area is 341 Å². The van der Waals surface area contributed by atoms with E-state index in [0.29, 0.717) is 19.3 Å². The maximum atomic E-state index is 11.9. The summed E-state index contributed by atoms with van der Waals surface area (Å²) >= 11 is 0. The van der Waals surface area contributed by atoms with Gasteiger partial charge in [0.1, 0.15) is 0 Å². The van der Waals surface area contributed by atoms with Crippen molar-refractivity contribution in [2.24, 2.45) is 5.73 Å². The van der Waals surface area contributed by atoms with E-state index in [1.807, 2.05) is 0 Å². The quantitative estimate of drug-likeness (QED) is 0.0334. The number of nitrogens with two attached hydrogens (primary N) is 1. The van der Waals surface area contributed by atoms with Gasteiger partial charge in [-0.25, -0.2) is 0 Å². The molecule has 0 aliphatic carbocycles. The molecule has 0 rings (SSSR count). The fraction of sp³-hybridized carbons (Fsp3) is 0.935. The number of unbranched alkanes of at least 4 members (excludes halogenated alkanes) is 25. The minimum Gasteiger partial charge on any atom is -0.481 e. The molecule has 0 bridgehead atoms. The molecule has 0 aromatic heterocycles. The molecule has 0 heterocycles. The lowest BCUT2D eigenvalue weighted by Gasteiger charge is -2.07. The van der Waals surface area contributed by atoms with E-state index in [2.05, 4.69) is 36.7 Å². The van der Waals surface area contributed by atoms with Crippen molar-refractivity contribution in [3.63, 3.8) is 0 Å². The summed E-state index contributed by atoms with van der Waals surface area (Å²) in [6.07, 6.45) is 40.0. The first-order chi connectivity index (χ1) is 26.8. The normalized spacial score (nSPS) is 10.7. The Morgan fingerprint density at radius 2 is 0.655 bits per heavy atom. The van der Waals surface area contributed by atoms with Gasteiger partial charge in [-0.2, -0.15) is 0 Å². The summed E-state index contributed by atoms with van der Waals surface area (Å²) in [7, 11) is 0. The number of hydrogen-bond donors (Lipinski definition) is 6. The highest BCUT2D eigenvalue weighted by atomic mass is 16.4. The molecule has 7 N–H and O–H groups in total. The van der Waals surface area contributed by atoms with E-state index >= 15 is 0 Å². The second kappa shape index (κ2) is 54.4. The molecule has 1 amide bonds. The van der Waals surface area contributed by atoms with E-state index in [4.69, 9.17) is 15.9 Å². The van der Waals surface area contributed by atoms with E-state index in [1.54, 1.807) is 0 Å². The van der Waals surface area contributed by atoms with Gasteiger partial charge in [0.25, 0.3) is 0 Å².